The van der Waals surface area contributed by atoms with Gasteiger partial charge in [0.05, 0.1) is 18.6 Å². The molecular formula is C22H21F3N4O4. The highest BCUT2D eigenvalue weighted by Crippen LogP contribution is 2.33. The lowest BCUT2D eigenvalue weighted by atomic mass is 9.80. The molecule has 4 N–H and O–H groups in total. The molecule has 1 aliphatic rings. The zero-order valence-corrected chi connectivity index (χ0v) is 17.4. The highest BCUT2D eigenvalue weighted by atomic mass is 19.1. The van der Waals surface area contributed by atoms with E-state index < -0.39 is 45.5 Å². The van der Waals surface area contributed by atoms with Crippen molar-refractivity contribution in [1.82, 2.24) is 9.55 Å². The minimum absolute atomic E-state index is 0.102. The quantitative estimate of drug-likeness (QED) is 0.528. The van der Waals surface area contributed by atoms with Crippen LogP contribution in [0.1, 0.15) is 23.2 Å². The molecule has 1 aliphatic heterocycles. The Kier molecular flexibility index (Phi) is 5.85. The van der Waals surface area contributed by atoms with Gasteiger partial charge in [-0.2, -0.15) is 0 Å². The zero-order chi connectivity index (χ0) is 23.9. The zero-order valence-electron chi connectivity index (χ0n) is 17.4. The van der Waals surface area contributed by atoms with Crippen LogP contribution in [-0.2, 0) is 0 Å². The van der Waals surface area contributed by atoms with Crippen molar-refractivity contribution in [2.75, 3.05) is 31.2 Å². The minimum atomic E-state index is -1.26. The summed E-state index contributed by atoms with van der Waals surface area (Å²) in [5.41, 5.74) is 2.55. The van der Waals surface area contributed by atoms with E-state index in [0.29, 0.717) is 43.9 Å². The maximum atomic E-state index is 14.6. The number of aliphatic hydroxyl groups is 2. The SMILES string of the molecule is NC(=O)c1cn(-c2c(F)cc(F)cc2F)c2nc(N3CCC(CO)(CO)CC3)ccc2c1=O. The lowest BCUT2D eigenvalue weighted by Crippen LogP contribution is -2.44. The molecule has 0 atom stereocenters. The number of carbonyl (C=O) groups is 1. The Hall–Kier alpha value is -3.44. The van der Waals surface area contributed by atoms with Gasteiger partial charge in [-0.25, -0.2) is 18.2 Å². The summed E-state index contributed by atoms with van der Waals surface area (Å²) < 4.78 is 43.5. The van der Waals surface area contributed by atoms with Gasteiger partial charge in [0.25, 0.3) is 5.91 Å². The number of carbonyl (C=O) groups excluding carboxylic acids is 1. The lowest BCUT2D eigenvalue weighted by molar-refractivity contribution is 0.0340. The Morgan fingerprint density at radius 1 is 1.09 bits per heavy atom. The van der Waals surface area contributed by atoms with Gasteiger partial charge < -0.3 is 20.8 Å². The normalized spacial score (nSPS) is 15.7. The number of aromatic nitrogens is 2. The summed E-state index contributed by atoms with van der Waals surface area (Å²) in [6, 6.07) is 3.86. The van der Waals surface area contributed by atoms with Crippen LogP contribution >= 0.6 is 0 Å². The van der Waals surface area contributed by atoms with Crippen LogP contribution in [0, 0.1) is 22.9 Å². The number of nitrogens with two attached hydrogens (primary N) is 1. The molecule has 4 rings (SSSR count). The van der Waals surface area contributed by atoms with Gasteiger partial charge in [0.1, 0.15) is 22.9 Å². The molecule has 3 aromatic rings. The van der Waals surface area contributed by atoms with E-state index >= 15 is 0 Å². The number of pyridine rings is 2. The van der Waals surface area contributed by atoms with Crippen LogP contribution in [0.4, 0.5) is 19.0 Å². The summed E-state index contributed by atoms with van der Waals surface area (Å²) >= 11 is 0. The first kappa shape index (κ1) is 22.7. The second kappa shape index (κ2) is 8.49. The molecule has 0 saturated carbocycles. The van der Waals surface area contributed by atoms with Crippen molar-refractivity contribution >= 4 is 22.8 Å². The molecule has 0 bridgehead atoms. The predicted molar refractivity (Wildman–Crippen MR) is 114 cm³/mol. The van der Waals surface area contributed by atoms with Gasteiger partial charge in [-0.15, -0.1) is 0 Å². The summed E-state index contributed by atoms with van der Waals surface area (Å²) in [6.45, 7) is 0.535. The first-order chi connectivity index (χ1) is 15.7. The number of halogens is 3. The van der Waals surface area contributed by atoms with E-state index in [4.69, 9.17) is 5.73 Å². The van der Waals surface area contributed by atoms with Gasteiger partial charge in [-0.1, -0.05) is 0 Å². The number of anilines is 1. The molecule has 8 nitrogen and oxygen atoms in total. The van der Waals surface area contributed by atoms with Gasteiger partial charge in [0, 0.05) is 36.8 Å². The van der Waals surface area contributed by atoms with E-state index in [1.54, 1.807) is 0 Å². The lowest BCUT2D eigenvalue weighted by Gasteiger charge is -2.40. The molecule has 1 saturated heterocycles. The summed E-state index contributed by atoms with van der Waals surface area (Å²) in [4.78, 5) is 30.8. The second-order valence-corrected chi connectivity index (χ2v) is 8.17. The molecule has 0 unspecified atom stereocenters. The molecule has 0 spiro atoms. The third-order valence-electron chi connectivity index (χ3n) is 6.14. The predicted octanol–water partition coefficient (Wildman–Crippen LogP) is 1.47. The van der Waals surface area contributed by atoms with Crippen LogP contribution < -0.4 is 16.1 Å². The third-order valence-corrected chi connectivity index (χ3v) is 6.14. The molecule has 174 valence electrons. The Labute approximate surface area is 185 Å². The number of hydrogen-bond donors (Lipinski definition) is 3. The van der Waals surface area contributed by atoms with Crippen molar-refractivity contribution in [2.24, 2.45) is 11.1 Å². The van der Waals surface area contributed by atoms with E-state index in [-0.39, 0.29) is 24.2 Å². The number of benzene rings is 1. The van der Waals surface area contributed by atoms with Gasteiger partial charge in [-0.3, -0.25) is 14.2 Å². The van der Waals surface area contributed by atoms with Crippen LogP contribution in [0.3, 0.4) is 0 Å². The molecule has 0 aliphatic carbocycles. The molecule has 1 fully saturated rings. The number of primary amides is 1. The summed E-state index contributed by atoms with van der Waals surface area (Å²) in [5.74, 6) is -4.35. The van der Waals surface area contributed by atoms with Gasteiger partial charge >= 0.3 is 0 Å². The van der Waals surface area contributed by atoms with Crippen LogP contribution in [-0.4, -0.2) is 52.0 Å². The number of nitrogens with zero attached hydrogens (tertiary/aromatic N) is 3. The summed E-state index contributed by atoms with van der Waals surface area (Å²) in [6.07, 6.45) is 1.85. The van der Waals surface area contributed by atoms with Crippen molar-refractivity contribution in [3.8, 4) is 5.69 Å². The molecular weight excluding hydrogens is 441 g/mol. The van der Waals surface area contributed by atoms with E-state index in [2.05, 4.69) is 4.98 Å². The van der Waals surface area contributed by atoms with E-state index in [0.717, 1.165) is 10.8 Å². The second-order valence-electron chi connectivity index (χ2n) is 8.17. The van der Waals surface area contributed by atoms with Crippen molar-refractivity contribution in [1.29, 1.82) is 0 Å². The van der Waals surface area contributed by atoms with Crippen molar-refractivity contribution < 1.29 is 28.2 Å². The van der Waals surface area contributed by atoms with Gasteiger partial charge in [-0.05, 0) is 25.0 Å². The number of rotatable bonds is 5. The first-order valence-corrected chi connectivity index (χ1v) is 10.2. The van der Waals surface area contributed by atoms with E-state index in [9.17, 15) is 33.0 Å². The molecule has 3 heterocycles. The number of aliphatic hydroxyl groups excluding tert-OH is 2. The molecule has 33 heavy (non-hydrogen) atoms. The first-order valence-electron chi connectivity index (χ1n) is 10.2. The monoisotopic (exact) mass is 462 g/mol. The largest absolute Gasteiger partial charge is 0.396 e. The number of hydrogen-bond acceptors (Lipinski definition) is 6. The Bertz CT molecular complexity index is 1270. The van der Waals surface area contributed by atoms with Crippen LogP contribution in [0.15, 0.2) is 35.3 Å². The Morgan fingerprint density at radius 2 is 1.70 bits per heavy atom. The van der Waals surface area contributed by atoms with Crippen LogP contribution in [0.25, 0.3) is 16.7 Å². The number of amides is 1. The average Bonchev–Trinajstić information content (AvgIpc) is 2.79. The molecule has 2 aromatic heterocycles. The minimum Gasteiger partial charge on any atom is -0.396 e. The van der Waals surface area contributed by atoms with Crippen LogP contribution in [0.2, 0.25) is 0 Å². The fourth-order valence-electron chi connectivity index (χ4n) is 4.06. The van der Waals surface area contributed by atoms with Crippen molar-refractivity contribution in [3.63, 3.8) is 0 Å². The van der Waals surface area contributed by atoms with Gasteiger partial charge in [0.15, 0.2) is 17.3 Å². The maximum Gasteiger partial charge on any atom is 0.254 e. The highest BCUT2D eigenvalue weighted by Gasteiger charge is 2.34. The van der Waals surface area contributed by atoms with E-state index in [1.165, 1.54) is 12.1 Å². The highest BCUT2D eigenvalue weighted by molar-refractivity contribution is 5.96. The van der Waals surface area contributed by atoms with Crippen LogP contribution in [0.5, 0.6) is 0 Å². The smallest absolute Gasteiger partial charge is 0.254 e. The average molecular weight is 462 g/mol. The molecule has 1 aromatic carbocycles. The number of fused-ring (bicyclic) bond motifs is 1. The third kappa shape index (κ3) is 3.93. The van der Waals surface area contributed by atoms with E-state index in [1.807, 2.05) is 4.90 Å². The van der Waals surface area contributed by atoms with Crippen molar-refractivity contribution in [3.05, 3.63) is 63.7 Å². The Balaban J connectivity index is 1.90. The fourth-order valence-corrected chi connectivity index (χ4v) is 4.06. The summed E-state index contributed by atoms with van der Waals surface area (Å²) in [7, 11) is 0. The topological polar surface area (TPSA) is 122 Å². The molecule has 1 amide bonds. The maximum absolute atomic E-state index is 14.6. The Morgan fingerprint density at radius 3 is 2.24 bits per heavy atom. The van der Waals surface area contributed by atoms with Crippen molar-refractivity contribution in [2.45, 2.75) is 12.8 Å². The standard InChI is InChI=1S/C22H21F3N4O4/c23-12-7-15(24)18(16(25)8-12)29-9-14(20(26)33)19(32)13-1-2-17(27-21(13)29)28-5-3-22(10-30,11-31)4-6-28/h1-2,7-9,30-31H,3-6,10-11H2,(H2,26,33). The number of piperidine rings is 1. The molecule has 11 heteroatoms. The summed E-state index contributed by atoms with van der Waals surface area (Å²) in [5, 5.41) is 19.1. The van der Waals surface area contributed by atoms with Gasteiger partial charge in [0.2, 0.25) is 5.43 Å². The molecule has 0 radical (unpaired) electrons. The fraction of sp³-hybridized carbons (Fsp3) is 0.318.